The molecule has 13 heavy (non-hydrogen) atoms. The number of rotatable bonds is 6. The second kappa shape index (κ2) is 5.31. The lowest BCUT2D eigenvalue weighted by Gasteiger charge is -2.07. The monoisotopic (exact) mass is 213 g/mol. The van der Waals surface area contributed by atoms with Crippen LogP contribution in [-0.4, -0.2) is 39.9 Å². The van der Waals surface area contributed by atoms with E-state index in [9.17, 15) is 9.36 Å². The molecule has 0 rings (SSSR count). The fraction of sp³-hybridized carbons (Fsp3) is 0.800. The summed E-state index contributed by atoms with van der Waals surface area (Å²) < 4.78 is 14.7. The molecule has 0 aromatic carbocycles. The molecule has 8 heteroatoms. The largest absolute Gasteiger partial charge is 0.480 e. The van der Waals surface area contributed by atoms with Crippen molar-refractivity contribution < 1.29 is 29.0 Å². The van der Waals surface area contributed by atoms with Crippen LogP contribution in [0.25, 0.3) is 0 Å². The van der Waals surface area contributed by atoms with Crippen molar-refractivity contribution in [3.05, 3.63) is 0 Å². The van der Waals surface area contributed by atoms with Gasteiger partial charge in [-0.15, -0.1) is 0 Å². The molecule has 0 amide bonds. The van der Waals surface area contributed by atoms with Crippen LogP contribution in [-0.2, 0) is 14.1 Å². The highest BCUT2D eigenvalue weighted by Crippen LogP contribution is 2.33. The Labute approximate surface area is 74.7 Å². The quantitative estimate of drug-likeness (QED) is 0.326. The predicted molar refractivity (Wildman–Crippen MR) is 43.1 cm³/mol. The van der Waals surface area contributed by atoms with Gasteiger partial charge >= 0.3 is 13.6 Å². The normalized spacial score (nSPS) is 14.1. The predicted octanol–water partition coefficient (Wildman–Crippen LogP) is -1.06. The zero-order chi connectivity index (χ0) is 10.5. The van der Waals surface area contributed by atoms with Gasteiger partial charge in [-0.05, 0) is 6.42 Å². The number of carbonyl (C=O) groups is 1. The molecule has 0 saturated heterocycles. The SMILES string of the molecule is NC(CCOCP(=O)(O)O)C(=O)O. The maximum Gasteiger partial charge on any atom is 0.350 e. The van der Waals surface area contributed by atoms with Gasteiger partial charge in [0.2, 0.25) is 0 Å². The topological polar surface area (TPSA) is 130 Å². The molecule has 0 aromatic heterocycles. The summed E-state index contributed by atoms with van der Waals surface area (Å²) in [5.41, 5.74) is 5.09. The molecule has 0 spiro atoms. The molecule has 7 nitrogen and oxygen atoms in total. The maximum atomic E-state index is 10.2. The molecule has 0 aliphatic rings. The molecule has 0 aromatic rings. The Hall–Kier alpha value is -0.460. The van der Waals surface area contributed by atoms with E-state index in [1.54, 1.807) is 0 Å². The minimum absolute atomic E-state index is 0.0231. The van der Waals surface area contributed by atoms with Crippen LogP contribution in [0.3, 0.4) is 0 Å². The van der Waals surface area contributed by atoms with Gasteiger partial charge in [0.1, 0.15) is 12.4 Å². The zero-order valence-electron chi connectivity index (χ0n) is 6.79. The molecule has 0 heterocycles. The van der Waals surface area contributed by atoms with E-state index in [1.807, 2.05) is 0 Å². The Morgan fingerprint density at radius 2 is 2.08 bits per heavy atom. The van der Waals surface area contributed by atoms with Gasteiger partial charge in [-0.2, -0.15) is 0 Å². The second-order valence-electron chi connectivity index (χ2n) is 2.44. The zero-order valence-corrected chi connectivity index (χ0v) is 7.68. The summed E-state index contributed by atoms with van der Waals surface area (Å²) in [6.45, 7) is -0.0847. The Morgan fingerprint density at radius 3 is 2.46 bits per heavy atom. The third-order valence-corrected chi connectivity index (χ3v) is 1.67. The minimum atomic E-state index is -4.16. The summed E-state index contributed by atoms with van der Waals surface area (Å²) in [6, 6.07) is -1.06. The number of aliphatic carboxylic acids is 1. The van der Waals surface area contributed by atoms with Gasteiger partial charge in [-0.3, -0.25) is 9.36 Å². The first-order chi connectivity index (χ1) is 5.83. The molecular formula is C5H12NO6P. The van der Waals surface area contributed by atoms with Gasteiger partial charge < -0.3 is 25.4 Å². The van der Waals surface area contributed by atoms with Gasteiger partial charge in [0.25, 0.3) is 0 Å². The lowest BCUT2D eigenvalue weighted by Crippen LogP contribution is -2.31. The molecule has 1 atom stereocenters. The van der Waals surface area contributed by atoms with Crippen LogP contribution < -0.4 is 5.73 Å². The average molecular weight is 213 g/mol. The number of hydrogen-bond acceptors (Lipinski definition) is 4. The minimum Gasteiger partial charge on any atom is -0.480 e. The first-order valence-corrected chi connectivity index (χ1v) is 5.23. The van der Waals surface area contributed by atoms with Crippen molar-refractivity contribution in [3.8, 4) is 0 Å². The fourth-order valence-corrected chi connectivity index (χ4v) is 0.884. The highest BCUT2D eigenvalue weighted by atomic mass is 31.2. The van der Waals surface area contributed by atoms with Crippen molar-refractivity contribution in [3.63, 3.8) is 0 Å². The van der Waals surface area contributed by atoms with Crippen LogP contribution in [0.15, 0.2) is 0 Å². The average Bonchev–Trinajstić information content (AvgIpc) is 1.95. The van der Waals surface area contributed by atoms with Crippen molar-refractivity contribution in [2.75, 3.05) is 13.0 Å². The van der Waals surface area contributed by atoms with E-state index in [0.717, 1.165) is 0 Å². The van der Waals surface area contributed by atoms with Gasteiger partial charge in [0.15, 0.2) is 0 Å². The Balaban J connectivity index is 3.47. The Morgan fingerprint density at radius 1 is 1.54 bits per heavy atom. The first kappa shape index (κ1) is 12.5. The molecule has 0 aliphatic carbocycles. The van der Waals surface area contributed by atoms with Crippen molar-refractivity contribution >= 4 is 13.6 Å². The van der Waals surface area contributed by atoms with Crippen LogP contribution >= 0.6 is 7.60 Å². The highest BCUT2D eigenvalue weighted by molar-refractivity contribution is 7.51. The number of nitrogens with two attached hydrogens (primary N) is 1. The molecule has 0 bridgehead atoms. The van der Waals surface area contributed by atoms with E-state index in [1.165, 1.54) is 0 Å². The van der Waals surface area contributed by atoms with E-state index < -0.39 is 26.0 Å². The van der Waals surface area contributed by atoms with Crippen molar-refractivity contribution in [1.29, 1.82) is 0 Å². The summed E-state index contributed by atoms with van der Waals surface area (Å²) in [7, 11) is -4.16. The van der Waals surface area contributed by atoms with Gasteiger partial charge in [0.05, 0.1) is 0 Å². The molecule has 78 valence electrons. The summed E-state index contributed by atoms with van der Waals surface area (Å²) in [4.78, 5) is 26.8. The third-order valence-electron chi connectivity index (χ3n) is 1.15. The molecule has 0 fully saturated rings. The van der Waals surface area contributed by atoms with E-state index in [2.05, 4.69) is 4.74 Å². The maximum absolute atomic E-state index is 10.2. The first-order valence-electron chi connectivity index (χ1n) is 3.43. The smallest absolute Gasteiger partial charge is 0.350 e. The van der Waals surface area contributed by atoms with Gasteiger partial charge in [-0.25, -0.2) is 0 Å². The molecule has 0 radical (unpaired) electrons. The standard InChI is InChI=1S/C5H12NO6P/c6-4(5(7)8)1-2-12-3-13(9,10)11/h4H,1-3,6H2,(H,7,8)(H2,9,10,11). The van der Waals surface area contributed by atoms with Crippen molar-refractivity contribution in [1.82, 2.24) is 0 Å². The van der Waals surface area contributed by atoms with Crippen molar-refractivity contribution in [2.24, 2.45) is 5.73 Å². The summed E-state index contributed by atoms with van der Waals surface area (Å²) in [5, 5.41) is 8.31. The Kier molecular flexibility index (Phi) is 5.12. The van der Waals surface area contributed by atoms with Crippen LogP contribution in [0, 0.1) is 0 Å². The van der Waals surface area contributed by atoms with E-state index in [0.29, 0.717) is 0 Å². The van der Waals surface area contributed by atoms with E-state index in [4.69, 9.17) is 20.6 Å². The molecular weight excluding hydrogens is 201 g/mol. The van der Waals surface area contributed by atoms with Crippen LogP contribution in [0.4, 0.5) is 0 Å². The fourth-order valence-electron chi connectivity index (χ4n) is 0.517. The Bertz CT molecular complexity index is 213. The number of carboxylic acids is 1. The summed E-state index contributed by atoms with van der Waals surface area (Å²) in [5.74, 6) is -1.17. The molecule has 1 unspecified atom stereocenters. The van der Waals surface area contributed by atoms with Crippen LogP contribution in [0.2, 0.25) is 0 Å². The van der Waals surface area contributed by atoms with Crippen LogP contribution in [0.1, 0.15) is 6.42 Å². The summed E-state index contributed by atoms with van der Waals surface area (Å²) in [6.07, 6.45) is -0.686. The lowest BCUT2D eigenvalue weighted by molar-refractivity contribution is -0.138. The second-order valence-corrected chi connectivity index (χ2v) is 4.02. The lowest BCUT2D eigenvalue weighted by atomic mass is 10.2. The van der Waals surface area contributed by atoms with Crippen LogP contribution in [0.5, 0.6) is 0 Å². The molecule has 5 N–H and O–H groups in total. The molecule has 0 saturated carbocycles. The van der Waals surface area contributed by atoms with Crippen molar-refractivity contribution in [2.45, 2.75) is 12.5 Å². The number of carboxylic acid groups (broad SMARTS) is 1. The third kappa shape index (κ3) is 7.89. The van der Waals surface area contributed by atoms with Gasteiger partial charge in [0, 0.05) is 6.61 Å². The molecule has 0 aliphatic heterocycles. The summed E-state index contributed by atoms with van der Waals surface area (Å²) >= 11 is 0. The van der Waals surface area contributed by atoms with E-state index >= 15 is 0 Å². The van der Waals surface area contributed by atoms with Gasteiger partial charge in [-0.1, -0.05) is 0 Å². The number of ether oxygens (including phenoxy) is 1. The number of hydrogen-bond donors (Lipinski definition) is 4. The highest BCUT2D eigenvalue weighted by Gasteiger charge is 2.14. The van der Waals surface area contributed by atoms with E-state index in [-0.39, 0.29) is 13.0 Å².